The second kappa shape index (κ2) is 12.2. The number of thiazole rings is 1. The van der Waals surface area contributed by atoms with Crippen molar-refractivity contribution in [3.63, 3.8) is 0 Å². The van der Waals surface area contributed by atoms with Crippen LogP contribution >= 0.6 is 22.9 Å². The molecule has 1 atom stereocenters. The Balaban J connectivity index is 1.59. The molecular formula is C34H32ClN3O4S. The van der Waals surface area contributed by atoms with Gasteiger partial charge in [0.15, 0.2) is 4.80 Å². The van der Waals surface area contributed by atoms with Gasteiger partial charge in [0, 0.05) is 34.9 Å². The number of anilines is 1. The number of methoxy groups -OCH3 is 1. The maximum absolute atomic E-state index is 14.2. The summed E-state index contributed by atoms with van der Waals surface area (Å²) in [7, 11) is 1.55. The normalized spacial score (nSPS) is 16.7. The Morgan fingerprint density at radius 2 is 1.86 bits per heavy atom. The van der Waals surface area contributed by atoms with E-state index in [1.54, 1.807) is 36.8 Å². The van der Waals surface area contributed by atoms with E-state index in [1.165, 1.54) is 35.4 Å². The molecule has 1 fully saturated rings. The van der Waals surface area contributed by atoms with Crippen molar-refractivity contribution in [1.82, 2.24) is 4.57 Å². The second-order valence-corrected chi connectivity index (χ2v) is 12.0. The molecule has 0 spiro atoms. The minimum atomic E-state index is -0.874. The predicted molar refractivity (Wildman–Crippen MR) is 172 cm³/mol. The van der Waals surface area contributed by atoms with Gasteiger partial charge in [-0.05, 0) is 74.2 Å². The molecule has 1 saturated heterocycles. The minimum Gasteiger partial charge on any atom is -0.496 e. The lowest BCUT2D eigenvalue weighted by molar-refractivity contribution is -0.138. The van der Waals surface area contributed by atoms with Gasteiger partial charge in [0.2, 0.25) is 0 Å². The molecule has 0 amide bonds. The van der Waals surface area contributed by atoms with Crippen LogP contribution in [0.15, 0.2) is 82.1 Å². The molecule has 0 radical (unpaired) electrons. The summed E-state index contributed by atoms with van der Waals surface area (Å²) < 4.78 is 13.4. The summed E-state index contributed by atoms with van der Waals surface area (Å²) >= 11 is 7.77. The number of rotatable bonds is 7. The fourth-order valence-electron chi connectivity index (χ4n) is 5.89. The molecule has 6 rings (SSSR count). The van der Waals surface area contributed by atoms with Crippen molar-refractivity contribution < 1.29 is 14.3 Å². The van der Waals surface area contributed by atoms with Gasteiger partial charge < -0.3 is 14.4 Å². The van der Waals surface area contributed by atoms with Crippen molar-refractivity contribution >= 4 is 46.4 Å². The number of halogens is 1. The Bertz CT molecular complexity index is 1910. The van der Waals surface area contributed by atoms with Crippen molar-refractivity contribution in [1.29, 1.82) is 0 Å². The minimum absolute atomic E-state index is 0.168. The smallest absolute Gasteiger partial charge is 0.338 e. The van der Waals surface area contributed by atoms with Crippen LogP contribution in [0.25, 0.3) is 11.8 Å². The highest BCUT2D eigenvalue weighted by molar-refractivity contribution is 7.07. The first kappa shape index (κ1) is 29.0. The predicted octanol–water partition coefficient (Wildman–Crippen LogP) is 5.51. The standard InChI is InChI=1S/C34H32ClN3O4S/c1-4-42-33(40)29-30(23-10-6-5-7-11-23)36-34-38(31(29)25-20-24(35)13-15-27(25)41-3)32(39)28(43-34)19-22-12-14-26(21(2)18-22)37-16-8-9-17-37/h5-7,10-15,18-20,31H,4,8-9,16-17H2,1-3H3/b28-19-/t31-/m0/s1. The molecular weight excluding hydrogens is 582 g/mol. The Labute approximate surface area is 259 Å². The van der Waals surface area contributed by atoms with Crippen molar-refractivity contribution in [2.24, 2.45) is 4.99 Å². The number of fused-ring (bicyclic) bond motifs is 1. The topological polar surface area (TPSA) is 73.1 Å². The summed E-state index contributed by atoms with van der Waals surface area (Å²) in [4.78, 5) is 35.8. The number of aryl methyl sites for hydroxylation is 1. The quantitative estimate of drug-likeness (QED) is 0.257. The number of hydrogen-bond acceptors (Lipinski definition) is 7. The van der Waals surface area contributed by atoms with Crippen LogP contribution in [0.2, 0.25) is 5.02 Å². The number of aromatic nitrogens is 1. The van der Waals surface area contributed by atoms with Crippen LogP contribution < -0.4 is 24.5 Å². The van der Waals surface area contributed by atoms with E-state index in [0.29, 0.717) is 31.4 Å². The number of benzene rings is 3. The van der Waals surface area contributed by atoms with Gasteiger partial charge in [-0.3, -0.25) is 9.36 Å². The molecule has 2 aliphatic heterocycles. The second-order valence-electron chi connectivity index (χ2n) is 10.6. The monoisotopic (exact) mass is 613 g/mol. The zero-order chi connectivity index (χ0) is 30.1. The van der Waals surface area contributed by atoms with E-state index in [4.69, 9.17) is 26.1 Å². The van der Waals surface area contributed by atoms with Crippen LogP contribution in [-0.2, 0) is 9.53 Å². The molecule has 7 nitrogen and oxygen atoms in total. The Morgan fingerprint density at radius 1 is 1.09 bits per heavy atom. The largest absolute Gasteiger partial charge is 0.496 e. The van der Waals surface area contributed by atoms with E-state index in [2.05, 4.69) is 30.0 Å². The summed E-state index contributed by atoms with van der Waals surface area (Å²) in [6.07, 6.45) is 4.31. The molecule has 0 unspecified atom stereocenters. The van der Waals surface area contributed by atoms with Crippen LogP contribution in [0, 0.1) is 6.92 Å². The number of nitrogens with zero attached hydrogens (tertiary/aromatic N) is 3. The number of ether oxygens (including phenoxy) is 2. The van der Waals surface area contributed by atoms with Crippen LogP contribution in [0.1, 0.15) is 48.1 Å². The summed E-state index contributed by atoms with van der Waals surface area (Å²) in [5.41, 5.74) is 5.07. The lowest BCUT2D eigenvalue weighted by atomic mass is 9.92. The molecule has 0 aliphatic carbocycles. The summed E-state index contributed by atoms with van der Waals surface area (Å²) in [5.74, 6) is -0.0623. The van der Waals surface area contributed by atoms with Crippen LogP contribution in [-0.4, -0.2) is 37.3 Å². The fourth-order valence-corrected chi connectivity index (χ4v) is 7.07. The van der Waals surface area contributed by atoms with Crippen LogP contribution in [0.3, 0.4) is 0 Å². The van der Waals surface area contributed by atoms with Gasteiger partial charge in [-0.2, -0.15) is 0 Å². The summed E-state index contributed by atoms with van der Waals surface area (Å²) in [5, 5.41) is 0.452. The summed E-state index contributed by atoms with van der Waals surface area (Å²) in [6, 6.07) is 20.1. The zero-order valence-electron chi connectivity index (χ0n) is 24.3. The average molecular weight is 614 g/mol. The van der Waals surface area contributed by atoms with Gasteiger partial charge in [0.05, 0.1) is 29.5 Å². The van der Waals surface area contributed by atoms with Gasteiger partial charge in [0.1, 0.15) is 11.8 Å². The van der Waals surface area contributed by atoms with E-state index in [0.717, 1.165) is 24.2 Å². The third-order valence-corrected chi connectivity index (χ3v) is 9.04. The van der Waals surface area contributed by atoms with Gasteiger partial charge in [-0.1, -0.05) is 59.3 Å². The van der Waals surface area contributed by atoms with E-state index in [1.807, 2.05) is 36.4 Å². The lowest BCUT2D eigenvalue weighted by Crippen LogP contribution is -2.40. The van der Waals surface area contributed by atoms with E-state index >= 15 is 0 Å². The molecule has 43 heavy (non-hydrogen) atoms. The highest BCUT2D eigenvalue weighted by Gasteiger charge is 2.37. The van der Waals surface area contributed by atoms with E-state index in [9.17, 15) is 9.59 Å². The van der Waals surface area contributed by atoms with E-state index in [-0.39, 0.29) is 17.7 Å². The molecule has 1 aromatic heterocycles. The first-order chi connectivity index (χ1) is 20.9. The lowest BCUT2D eigenvalue weighted by Gasteiger charge is -2.27. The van der Waals surface area contributed by atoms with Crippen molar-refractivity contribution in [3.05, 3.63) is 119 Å². The fraction of sp³-hybridized carbons (Fsp3) is 0.265. The third kappa shape index (κ3) is 5.53. The van der Waals surface area contributed by atoms with Gasteiger partial charge >= 0.3 is 5.97 Å². The Morgan fingerprint density at radius 3 is 2.56 bits per heavy atom. The number of carbonyl (C=O) groups excluding carboxylic acids is 1. The number of carbonyl (C=O) groups is 1. The van der Waals surface area contributed by atoms with Crippen molar-refractivity contribution in [2.45, 2.75) is 32.7 Å². The molecule has 4 aromatic rings. The molecule has 2 aliphatic rings. The maximum atomic E-state index is 14.2. The maximum Gasteiger partial charge on any atom is 0.338 e. The molecule has 3 aromatic carbocycles. The molecule has 220 valence electrons. The number of hydrogen-bond donors (Lipinski definition) is 0. The van der Waals surface area contributed by atoms with Crippen molar-refractivity contribution in [3.8, 4) is 5.75 Å². The highest BCUT2D eigenvalue weighted by atomic mass is 35.5. The Hall–Kier alpha value is -4.14. The van der Waals surface area contributed by atoms with Crippen LogP contribution in [0.4, 0.5) is 5.69 Å². The first-order valence-electron chi connectivity index (χ1n) is 14.4. The van der Waals surface area contributed by atoms with Gasteiger partial charge in [0.25, 0.3) is 5.56 Å². The first-order valence-corrected chi connectivity index (χ1v) is 15.6. The van der Waals surface area contributed by atoms with Crippen molar-refractivity contribution in [2.75, 3.05) is 31.7 Å². The van der Waals surface area contributed by atoms with Gasteiger partial charge in [-0.15, -0.1) is 0 Å². The van der Waals surface area contributed by atoms with Gasteiger partial charge in [-0.25, -0.2) is 9.79 Å². The van der Waals surface area contributed by atoms with E-state index < -0.39 is 12.0 Å². The molecule has 3 heterocycles. The molecule has 0 N–H and O–H groups in total. The highest BCUT2D eigenvalue weighted by Crippen LogP contribution is 2.39. The van der Waals surface area contributed by atoms with Crippen LogP contribution in [0.5, 0.6) is 5.75 Å². The molecule has 0 bridgehead atoms. The molecule has 9 heteroatoms. The zero-order valence-corrected chi connectivity index (χ0v) is 25.9. The SMILES string of the molecule is CCOC(=O)C1=C(c2ccccc2)N=c2s/c(=C\c3ccc(N4CCCC4)c(C)c3)c(=O)n2[C@H]1c1cc(Cl)ccc1OC. The molecule has 0 saturated carbocycles. The Kier molecular flexibility index (Phi) is 8.23. The number of esters is 1. The average Bonchev–Trinajstić information content (AvgIpc) is 3.65. The third-order valence-electron chi connectivity index (χ3n) is 7.83. The summed E-state index contributed by atoms with van der Waals surface area (Å²) in [6.45, 7) is 6.16.